The molecule has 0 aliphatic carbocycles. The number of rotatable bonds is 9. The molecule has 0 heteroatoms. The topological polar surface area (TPSA) is 0 Å². The minimum atomic E-state index is 0.617. The standard InChI is InChI=1S/C25H32/c1-4-10-21(5-2)13-17-25(20-16-23-11-8-7-9-12-23)24-18-14-22(6-3)15-19-24/h4-5,7-12,14-15,18-19,25H,6,13,16-17,20H2,1-3H3/b10-4-,21-5+. The third-order valence-electron chi connectivity index (χ3n) is 5.02. The molecule has 2 rings (SSSR count). The Bertz CT molecular complexity index is 659. The third kappa shape index (κ3) is 6.38. The van der Waals surface area contributed by atoms with Gasteiger partial charge in [-0.3, -0.25) is 0 Å². The maximum absolute atomic E-state index is 2.35. The molecule has 0 aromatic heterocycles. The van der Waals surface area contributed by atoms with Gasteiger partial charge in [0.25, 0.3) is 0 Å². The van der Waals surface area contributed by atoms with Gasteiger partial charge in [-0.2, -0.15) is 0 Å². The maximum Gasteiger partial charge on any atom is -0.0156 e. The zero-order valence-corrected chi connectivity index (χ0v) is 16.0. The quantitative estimate of drug-likeness (QED) is 0.424. The van der Waals surface area contributed by atoms with E-state index in [0.29, 0.717) is 5.92 Å². The summed E-state index contributed by atoms with van der Waals surface area (Å²) in [6.07, 6.45) is 12.5. The van der Waals surface area contributed by atoms with Crippen LogP contribution in [0.4, 0.5) is 0 Å². The highest BCUT2D eigenvalue weighted by molar-refractivity contribution is 5.27. The predicted molar refractivity (Wildman–Crippen MR) is 111 cm³/mol. The van der Waals surface area contributed by atoms with Crippen molar-refractivity contribution in [3.05, 3.63) is 95.1 Å². The Hall–Kier alpha value is -2.08. The van der Waals surface area contributed by atoms with Crippen LogP contribution in [0.3, 0.4) is 0 Å². The van der Waals surface area contributed by atoms with Gasteiger partial charge in [0, 0.05) is 0 Å². The molecule has 0 radical (unpaired) electrons. The molecule has 0 aliphatic rings. The van der Waals surface area contributed by atoms with Gasteiger partial charge in [-0.05, 0) is 68.6 Å². The molecule has 132 valence electrons. The van der Waals surface area contributed by atoms with E-state index in [4.69, 9.17) is 0 Å². The molecule has 1 unspecified atom stereocenters. The molecule has 0 aliphatic heterocycles. The highest BCUT2D eigenvalue weighted by atomic mass is 14.2. The van der Waals surface area contributed by atoms with E-state index in [9.17, 15) is 0 Å². The van der Waals surface area contributed by atoms with Crippen LogP contribution in [0.1, 0.15) is 62.6 Å². The summed E-state index contributed by atoms with van der Waals surface area (Å²) in [5, 5.41) is 0. The molecular weight excluding hydrogens is 300 g/mol. The Morgan fingerprint density at radius 2 is 1.60 bits per heavy atom. The lowest BCUT2D eigenvalue weighted by atomic mass is 9.86. The van der Waals surface area contributed by atoms with Crippen LogP contribution in [0.5, 0.6) is 0 Å². The minimum absolute atomic E-state index is 0.617. The van der Waals surface area contributed by atoms with Crippen molar-refractivity contribution in [1.29, 1.82) is 0 Å². The summed E-state index contributed by atoms with van der Waals surface area (Å²) >= 11 is 0. The van der Waals surface area contributed by atoms with Crippen molar-refractivity contribution in [3.63, 3.8) is 0 Å². The van der Waals surface area contributed by atoms with E-state index in [-0.39, 0.29) is 0 Å². The first kappa shape index (κ1) is 19.2. The lowest BCUT2D eigenvalue weighted by molar-refractivity contribution is 0.577. The molecule has 0 nitrogen and oxygen atoms in total. The van der Waals surface area contributed by atoms with Gasteiger partial charge in [-0.1, -0.05) is 85.3 Å². The molecular formula is C25H32. The molecule has 2 aromatic rings. The van der Waals surface area contributed by atoms with E-state index >= 15 is 0 Å². The van der Waals surface area contributed by atoms with Gasteiger partial charge >= 0.3 is 0 Å². The second-order valence-corrected chi connectivity index (χ2v) is 6.72. The second-order valence-electron chi connectivity index (χ2n) is 6.72. The Labute approximate surface area is 154 Å². The highest BCUT2D eigenvalue weighted by Crippen LogP contribution is 2.29. The lowest BCUT2D eigenvalue weighted by Gasteiger charge is -2.18. The van der Waals surface area contributed by atoms with Crippen molar-refractivity contribution in [3.8, 4) is 0 Å². The Kier molecular flexibility index (Phi) is 8.25. The summed E-state index contributed by atoms with van der Waals surface area (Å²) in [4.78, 5) is 0. The summed E-state index contributed by atoms with van der Waals surface area (Å²) in [7, 11) is 0. The van der Waals surface area contributed by atoms with Crippen LogP contribution < -0.4 is 0 Å². The number of hydrogen-bond acceptors (Lipinski definition) is 0. The molecule has 1 atom stereocenters. The Morgan fingerprint density at radius 3 is 2.20 bits per heavy atom. The zero-order chi connectivity index (χ0) is 17.9. The number of aryl methyl sites for hydroxylation is 2. The van der Waals surface area contributed by atoms with E-state index < -0.39 is 0 Å². The fourth-order valence-corrected chi connectivity index (χ4v) is 3.37. The van der Waals surface area contributed by atoms with Gasteiger partial charge < -0.3 is 0 Å². The fourth-order valence-electron chi connectivity index (χ4n) is 3.37. The summed E-state index contributed by atoms with van der Waals surface area (Å²) in [6, 6.07) is 20.2. The highest BCUT2D eigenvalue weighted by Gasteiger charge is 2.12. The van der Waals surface area contributed by atoms with Crippen LogP contribution in [0.15, 0.2) is 78.4 Å². The van der Waals surface area contributed by atoms with E-state index in [1.807, 2.05) is 0 Å². The molecule has 25 heavy (non-hydrogen) atoms. The largest absolute Gasteiger partial charge is 0.0874 e. The average molecular weight is 333 g/mol. The molecule has 0 saturated heterocycles. The molecule has 0 N–H and O–H groups in total. The molecule has 0 amide bonds. The molecule has 0 spiro atoms. The van der Waals surface area contributed by atoms with Crippen molar-refractivity contribution in [2.45, 2.75) is 58.8 Å². The van der Waals surface area contributed by atoms with Crippen LogP contribution >= 0.6 is 0 Å². The average Bonchev–Trinajstić information content (AvgIpc) is 2.68. The zero-order valence-electron chi connectivity index (χ0n) is 16.0. The molecule has 0 saturated carbocycles. The molecule has 2 aromatic carbocycles. The van der Waals surface area contributed by atoms with E-state index in [2.05, 4.69) is 93.6 Å². The maximum atomic E-state index is 2.35. The van der Waals surface area contributed by atoms with Gasteiger partial charge in [-0.25, -0.2) is 0 Å². The normalized spacial score (nSPS) is 13.3. The van der Waals surface area contributed by atoms with Crippen LogP contribution in [0.2, 0.25) is 0 Å². The van der Waals surface area contributed by atoms with Crippen molar-refractivity contribution in [1.82, 2.24) is 0 Å². The molecule has 0 bridgehead atoms. The van der Waals surface area contributed by atoms with Gasteiger partial charge in [0.05, 0.1) is 0 Å². The smallest absolute Gasteiger partial charge is 0.0156 e. The first-order valence-corrected chi connectivity index (χ1v) is 9.67. The van der Waals surface area contributed by atoms with Crippen molar-refractivity contribution in [2.24, 2.45) is 0 Å². The van der Waals surface area contributed by atoms with Gasteiger partial charge in [0.15, 0.2) is 0 Å². The van der Waals surface area contributed by atoms with Crippen LogP contribution in [-0.4, -0.2) is 0 Å². The predicted octanol–water partition coefficient (Wildman–Crippen LogP) is 7.27. The van der Waals surface area contributed by atoms with Crippen LogP contribution in [0, 0.1) is 0 Å². The van der Waals surface area contributed by atoms with E-state index in [1.165, 1.54) is 35.1 Å². The summed E-state index contributed by atoms with van der Waals surface area (Å²) < 4.78 is 0. The van der Waals surface area contributed by atoms with Gasteiger partial charge in [0.2, 0.25) is 0 Å². The lowest BCUT2D eigenvalue weighted by Crippen LogP contribution is -2.02. The fraction of sp³-hybridized carbons (Fsp3) is 0.360. The molecule has 0 heterocycles. The minimum Gasteiger partial charge on any atom is -0.0874 e. The van der Waals surface area contributed by atoms with Crippen molar-refractivity contribution < 1.29 is 0 Å². The first-order valence-electron chi connectivity index (χ1n) is 9.67. The SMILES string of the molecule is C/C=C\C(=C/C)CCC(CCc1ccccc1)c1ccc(CC)cc1. The monoisotopic (exact) mass is 332 g/mol. The van der Waals surface area contributed by atoms with Crippen LogP contribution in [0.25, 0.3) is 0 Å². The number of benzene rings is 2. The Morgan fingerprint density at radius 1 is 0.880 bits per heavy atom. The number of allylic oxidation sites excluding steroid dienone is 4. The van der Waals surface area contributed by atoms with Crippen molar-refractivity contribution >= 4 is 0 Å². The summed E-state index contributed by atoms with van der Waals surface area (Å²) in [5.41, 5.74) is 5.80. The second kappa shape index (κ2) is 10.7. The van der Waals surface area contributed by atoms with E-state index in [1.54, 1.807) is 0 Å². The number of hydrogen-bond donors (Lipinski definition) is 0. The summed E-state index contributed by atoms with van der Waals surface area (Å²) in [5.74, 6) is 0.617. The van der Waals surface area contributed by atoms with Gasteiger partial charge in [-0.15, -0.1) is 0 Å². The van der Waals surface area contributed by atoms with Crippen molar-refractivity contribution in [2.75, 3.05) is 0 Å². The molecule has 0 fully saturated rings. The summed E-state index contributed by atoms with van der Waals surface area (Å²) in [6.45, 7) is 6.46. The van der Waals surface area contributed by atoms with Gasteiger partial charge in [0.1, 0.15) is 0 Å². The first-order chi connectivity index (χ1) is 12.3. The third-order valence-corrected chi connectivity index (χ3v) is 5.02. The van der Waals surface area contributed by atoms with Crippen LogP contribution in [-0.2, 0) is 12.8 Å². The van der Waals surface area contributed by atoms with E-state index in [0.717, 1.165) is 19.3 Å². The Balaban J connectivity index is 2.09.